The van der Waals surface area contributed by atoms with E-state index in [4.69, 9.17) is 15.2 Å². The Morgan fingerprint density at radius 1 is 1.13 bits per heavy atom. The van der Waals surface area contributed by atoms with Gasteiger partial charge in [-0.15, -0.1) is 0 Å². The van der Waals surface area contributed by atoms with Gasteiger partial charge >= 0.3 is 6.09 Å². The van der Waals surface area contributed by atoms with Gasteiger partial charge in [0.25, 0.3) is 0 Å². The Bertz CT molecular complexity index is 917. The molecule has 0 bridgehead atoms. The van der Waals surface area contributed by atoms with Crippen molar-refractivity contribution in [3.05, 3.63) is 17.7 Å². The number of nitrogens with two attached hydrogens (primary N) is 1. The van der Waals surface area contributed by atoms with Crippen LogP contribution in [0.25, 0.3) is 11.0 Å². The number of ether oxygens (including phenoxy) is 2. The maximum absolute atomic E-state index is 12.4. The van der Waals surface area contributed by atoms with E-state index in [2.05, 4.69) is 15.6 Å². The van der Waals surface area contributed by atoms with Crippen molar-refractivity contribution in [3.8, 4) is 5.75 Å². The Balaban J connectivity index is 1.58. The van der Waals surface area contributed by atoms with Crippen molar-refractivity contribution in [1.29, 1.82) is 0 Å². The molecular weight excluding hydrogens is 380 g/mol. The van der Waals surface area contributed by atoms with Crippen molar-refractivity contribution >= 4 is 23.1 Å². The number of nitrogen functional groups attached to an aromatic ring is 1. The van der Waals surface area contributed by atoms with Gasteiger partial charge in [0.1, 0.15) is 11.4 Å². The van der Waals surface area contributed by atoms with Gasteiger partial charge < -0.3 is 24.7 Å². The average molecular weight is 415 g/mol. The Hall–Kier alpha value is -2.44. The highest BCUT2D eigenvalue weighted by atomic mass is 16.6. The highest BCUT2D eigenvalue weighted by Crippen LogP contribution is 2.40. The largest absolute Gasteiger partial charge is 0.496 e. The number of hydrogen-bond donors (Lipinski definition) is 1. The van der Waals surface area contributed by atoms with Gasteiger partial charge in [-0.25, -0.2) is 9.78 Å². The summed E-state index contributed by atoms with van der Waals surface area (Å²) >= 11 is 0. The molecule has 1 saturated carbocycles. The topological polar surface area (TPSA) is 82.6 Å². The zero-order valence-electron chi connectivity index (χ0n) is 18.6. The number of imidazole rings is 1. The number of carbonyl (C=O) groups excluding carboxylic acids is 1. The third kappa shape index (κ3) is 4.07. The number of aromatic nitrogens is 2. The molecule has 2 fully saturated rings. The van der Waals surface area contributed by atoms with E-state index in [1.165, 1.54) is 18.4 Å². The number of benzene rings is 1. The third-order valence-electron chi connectivity index (χ3n) is 6.34. The fourth-order valence-corrected chi connectivity index (χ4v) is 4.90. The van der Waals surface area contributed by atoms with Crippen LogP contribution in [0.3, 0.4) is 0 Å². The molecule has 2 aliphatic rings. The van der Waals surface area contributed by atoms with Gasteiger partial charge in [-0.05, 0) is 64.0 Å². The summed E-state index contributed by atoms with van der Waals surface area (Å²) in [6.45, 7) is 7.07. The van der Waals surface area contributed by atoms with Crippen molar-refractivity contribution in [2.24, 2.45) is 0 Å². The number of likely N-dealkylation sites (tertiary alicyclic amines) is 1. The predicted molar refractivity (Wildman–Crippen MR) is 118 cm³/mol. The van der Waals surface area contributed by atoms with Crippen LogP contribution in [-0.2, 0) is 4.74 Å². The first-order valence-electron chi connectivity index (χ1n) is 11.1. The summed E-state index contributed by atoms with van der Waals surface area (Å²) in [6, 6.07) is 4.68. The SMILES string of the molecule is COc1cc2nc(N)n(C3CCCC3)c2cc1C1CCN(C(=O)OC(C)(C)C)CC1. The van der Waals surface area contributed by atoms with Gasteiger partial charge in [-0.1, -0.05) is 12.8 Å². The molecule has 1 saturated heterocycles. The zero-order valence-corrected chi connectivity index (χ0v) is 18.6. The van der Waals surface area contributed by atoms with Crippen LogP contribution in [0.5, 0.6) is 5.75 Å². The minimum atomic E-state index is -0.471. The smallest absolute Gasteiger partial charge is 0.410 e. The Kier molecular flexibility index (Phi) is 5.55. The lowest BCUT2D eigenvalue weighted by Gasteiger charge is -2.34. The van der Waals surface area contributed by atoms with Crippen molar-refractivity contribution in [2.45, 2.75) is 76.9 Å². The molecule has 164 valence electrons. The van der Waals surface area contributed by atoms with E-state index in [9.17, 15) is 4.79 Å². The molecule has 0 radical (unpaired) electrons. The first-order chi connectivity index (χ1) is 14.3. The van der Waals surface area contributed by atoms with E-state index in [0.29, 0.717) is 31.0 Å². The number of hydrogen-bond acceptors (Lipinski definition) is 5. The van der Waals surface area contributed by atoms with E-state index in [-0.39, 0.29) is 6.09 Å². The quantitative estimate of drug-likeness (QED) is 0.776. The van der Waals surface area contributed by atoms with E-state index in [0.717, 1.165) is 42.5 Å². The lowest BCUT2D eigenvalue weighted by molar-refractivity contribution is 0.0204. The normalized spacial score (nSPS) is 18.9. The monoisotopic (exact) mass is 414 g/mol. The summed E-state index contributed by atoms with van der Waals surface area (Å²) < 4.78 is 13.5. The molecule has 2 aromatic rings. The second-order valence-corrected chi connectivity index (χ2v) is 9.60. The molecule has 2 N–H and O–H groups in total. The summed E-state index contributed by atoms with van der Waals surface area (Å²) in [5.74, 6) is 1.78. The number of anilines is 1. The highest BCUT2D eigenvalue weighted by molar-refractivity contribution is 5.82. The summed E-state index contributed by atoms with van der Waals surface area (Å²) in [7, 11) is 1.71. The van der Waals surface area contributed by atoms with Crippen LogP contribution in [-0.4, -0.2) is 46.3 Å². The molecule has 1 aliphatic heterocycles. The number of amides is 1. The van der Waals surface area contributed by atoms with Gasteiger partial charge in [0.05, 0.1) is 18.1 Å². The first kappa shape index (κ1) is 20.8. The molecular formula is C23H34N4O3. The van der Waals surface area contributed by atoms with E-state index in [1.807, 2.05) is 31.7 Å². The van der Waals surface area contributed by atoms with E-state index < -0.39 is 5.60 Å². The van der Waals surface area contributed by atoms with Gasteiger partial charge in [-0.3, -0.25) is 0 Å². The molecule has 2 heterocycles. The van der Waals surface area contributed by atoms with E-state index >= 15 is 0 Å². The Morgan fingerprint density at radius 3 is 2.40 bits per heavy atom. The molecule has 0 atom stereocenters. The third-order valence-corrected chi connectivity index (χ3v) is 6.34. The summed E-state index contributed by atoms with van der Waals surface area (Å²) in [5, 5.41) is 0. The maximum atomic E-state index is 12.4. The summed E-state index contributed by atoms with van der Waals surface area (Å²) in [5.41, 5.74) is 9.02. The van der Waals surface area contributed by atoms with Crippen LogP contribution in [0.2, 0.25) is 0 Å². The van der Waals surface area contributed by atoms with Gasteiger partial charge in [0.2, 0.25) is 5.95 Å². The predicted octanol–water partition coefficient (Wildman–Crippen LogP) is 4.86. The van der Waals surface area contributed by atoms with Crippen LogP contribution in [0.4, 0.5) is 10.7 Å². The number of methoxy groups -OCH3 is 1. The molecule has 0 spiro atoms. The fourth-order valence-electron chi connectivity index (χ4n) is 4.90. The van der Waals surface area contributed by atoms with E-state index in [1.54, 1.807) is 7.11 Å². The molecule has 1 aromatic heterocycles. The Labute approximate surface area is 178 Å². The lowest BCUT2D eigenvalue weighted by Crippen LogP contribution is -2.41. The molecule has 1 aromatic carbocycles. The molecule has 0 unspecified atom stereocenters. The molecule has 30 heavy (non-hydrogen) atoms. The Morgan fingerprint density at radius 2 is 1.80 bits per heavy atom. The second-order valence-electron chi connectivity index (χ2n) is 9.60. The molecule has 1 aliphatic carbocycles. The van der Waals surface area contributed by atoms with Crippen LogP contribution in [0, 0.1) is 0 Å². The molecule has 1 amide bonds. The molecule has 4 rings (SSSR count). The molecule has 7 nitrogen and oxygen atoms in total. The molecule has 7 heteroatoms. The summed E-state index contributed by atoms with van der Waals surface area (Å²) in [6.07, 6.45) is 6.35. The number of piperidine rings is 1. The second kappa shape index (κ2) is 8.00. The summed E-state index contributed by atoms with van der Waals surface area (Å²) in [4.78, 5) is 18.8. The highest BCUT2D eigenvalue weighted by Gasteiger charge is 2.30. The number of rotatable bonds is 3. The minimum absolute atomic E-state index is 0.226. The average Bonchev–Trinajstić information content (AvgIpc) is 3.32. The van der Waals surface area contributed by atoms with Gasteiger partial charge in [-0.2, -0.15) is 0 Å². The van der Waals surface area contributed by atoms with Crippen molar-refractivity contribution < 1.29 is 14.3 Å². The van der Waals surface area contributed by atoms with Crippen LogP contribution in [0.1, 0.15) is 76.8 Å². The van der Waals surface area contributed by atoms with Crippen LogP contribution >= 0.6 is 0 Å². The zero-order chi connectivity index (χ0) is 21.5. The first-order valence-corrected chi connectivity index (χ1v) is 11.1. The van der Waals surface area contributed by atoms with Crippen molar-refractivity contribution in [2.75, 3.05) is 25.9 Å². The maximum Gasteiger partial charge on any atom is 0.410 e. The lowest BCUT2D eigenvalue weighted by atomic mass is 9.88. The van der Waals surface area contributed by atoms with Crippen molar-refractivity contribution in [1.82, 2.24) is 14.5 Å². The number of fused-ring (bicyclic) bond motifs is 1. The van der Waals surface area contributed by atoms with Gasteiger partial charge in [0.15, 0.2) is 0 Å². The van der Waals surface area contributed by atoms with Crippen LogP contribution < -0.4 is 10.5 Å². The minimum Gasteiger partial charge on any atom is -0.496 e. The van der Waals surface area contributed by atoms with Gasteiger partial charge in [0, 0.05) is 25.2 Å². The van der Waals surface area contributed by atoms with Crippen molar-refractivity contribution in [3.63, 3.8) is 0 Å². The van der Waals surface area contributed by atoms with Crippen LogP contribution in [0.15, 0.2) is 12.1 Å². The number of nitrogens with zero attached hydrogens (tertiary/aromatic N) is 3. The standard InChI is InChI=1S/C23H34N4O3/c1-23(2,3)30-22(28)26-11-9-15(10-12-26)17-13-19-18(14-20(17)29-4)25-21(24)27(19)16-7-5-6-8-16/h13-16H,5-12H2,1-4H3,(H2,24,25). The number of carbonyl (C=O) groups is 1. The fraction of sp³-hybridized carbons (Fsp3) is 0.652.